The molecular formula is C16H15ClN2O. The maximum atomic E-state index is 10.1. The third-order valence-electron chi connectivity index (χ3n) is 3.31. The zero-order valence-electron chi connectivity index (χ0n) is 10.8. The molecule has 1 unspecified atom stereocenters. The number of aromatic amines is 1. The van der Waals surface area contributed by atoms with Gasteiger partial charge in [0.15, 0.2) is 0 Å². The fourth-order valence-corrected chi connectivity index (χ4v) is 2.31. The van der Waals surface area contributed by atoms with Crippen LogP contribution < -0.4 is 5.32 Å². The van der Waals surface area contributed by atoms with Gasteiger partial charge in [0.25, 0.3) is 0 Å². The molecular weight excluding hydrogens is 272 g/mol. The average Bonchev–Trinajstić information content (AvgIpc) is 2.93. The predicted molar refractivity (Wildman–Crippen MR) is 83.2 cm³/mol. The first-order valence-electron chi connectivity index (χ1n) is 6.47. The molecule has 0 saturated carbocycles. The molecule has 3 rings (SSSR count). The largest absolute Gasteiger partial charge is 0.387 e. The molecule has 3 N–H and O–H groups in total. The van der Waals surface area contributed by atoms with Gasteiger partial charge in [-0.05, 0) is 42.0 Å². The van der Waals surface area contributed by atoms with E-state index >= 15 is 0 Å². The van der Waals surface area contributed by atoms with Gasteiger partial charge < -0.3 is 15.4 Å². The fourth-order valence-electron chi connectivity index (χ4n) is 2.18. The first-order valence-corrected chi connectivity index (χ1v) is 6.85. The Balaban J connectivity index is 1.67. The number of aliphatic hydroxyl groups excluding tert-OH is 1. The Morgan fingerprint density at radius 1 is 1.10 bits per heavy atom. The van der Waals surface area contributed by atoms with E-state index in [0.717, 1.165) is 22.2 Å². The molecule has 20 heavy (non-hydrogen) atoms. The summed E-state index contributed by atoms with van der Waals surface area (Å²) in [5.41, 5.74) is 2.95. The number of aromatic nitrogens is 1. The summed E-state index contributed by atoms with van der Waals surface area (Å²) >= 11 is 5.83. The molecule has 0 bridgehead atoms. The summed E-state index contributed by atoms with van der Waals surface area (Å²) in [4.78, 5) is 3.15. The predicted octanol–water partition coefficient (Wildman–Crippen LogP) is 3.97. The average molecular weight is 287 g/mol. The molecule has 1 aromatic heterocycles. The number of fused-ring (bicyclic) bond motifs is 1. The van der Waals surface area contributed by atoms with Crippen LogP contribution >= 0.6 is 11.6 Å². The number of rotatable bonds is 4. The van der Waals surface area contributed by atoms with Crippen molar-refractivity contribution in [2.45, 2.75) is 6.10 Å². The monoisotopic (exact) mass is 286 g/mol. The van der Waals surface area contributed by atoms with Gasteiger partial charge in [-0.2, -0.15) is 0 Å². The van der Waals surface area contributed by atoms with Gasteiger partial charge >= 0.3 is 0 Å². The van der Waals surface area contributed by atoms with Crippen molar-refractivity contribution in [3.8, 4) is 0 Å². The zero-order chi connectivity index (χ0) is 13.9. The SMILES string of the molecule is OC(CNc1ccc2[nH]ccc2c1)c1ccc(Cl)cc1. The van der Waals surface area contributed by atoms with Gasteiger partial charge in [0.1, 0.15) is 0 Å². The van der Waals surface area contributed by atoms with Crippen molar-refractivity contribution in [2.24, 2.45) is 0 Å². The van der Waals surface area contributed by atoms with E-state index in [-0.39, 0.29) is 0 Å². The minimum absolute atomic E-state index is 0.456. The number of hydrogen-bond acceptors (Lipinski definition) is 2. The van der Waals surface area contributed by atoms with Gasteiger partial charge in [0, 0.05) is 34.4 Å². The van der Waals surface area contributed by atoms with Crippen molar-refractivity contribution >= 4 is 28.2 Å². The first-order chi connectivity index (χ1) is 9.72. The molecule has 0 fully saturated rings. The first kappa shape index (κ1) is 13.0. The smallest absolute Gasteiger partial charge is 0.0962 e. The number of halogens is 1. The normalized spacial score (nSPS) is 12.5. The molecule has 2 aromatic carbocycles. The molecule has 0 aliphatic carbocycles. The van der Waals surface area contributed by atoms with Crippen LogP contribution in [0.2, 0.25) is 5.02 Å². The second-order valence-electron chi connectivity index (χ2n) is 4.73. The molecule has 0 saturated heterocycles. The van der Waals surface area contributed by atoms with Crippen LogP contribution in [0.1, 0.15) is 11.7 Å². The van der Waals surface area contributed by atoms with Crippen molar-refractivity contribution < 1.29 is 5.11 Å². The van der Waals surface area contributed by atoms with Crippen LogP contribution in [0, 0.1) is 0 Å². The summed E-state index contributed by atoms with van der Waals surface area (Å²) in [5, 5.41) is 15.2. The van der Waals surface area contributed by atoms with Gasteiger partial charge in [-0.15, -0.1) is 0 Å². The van der Waals surface area contributed by atoms with E-state index in [1.54, 1.807) is 12.1 Å². The van der Waals surface area contributed by atoms with Crippen molar-refractivity contribution in [3.63, 3.8) is 0 Å². The van der Waals surface area contributed by atoms with Gasteiger partial charge in [-0.25, -0.2) is 0 Å². The molecule has 0 amide bonds. The molecule has 0 aliphatic rings. The van der Waals surface area contributed by atoms with Gasteiger partial charge in [-0.1, -0.05) is 23.7 Å². The topological polar surface area (TPSA) is 48.0 Å². The maximum Gasteiger partial charge on any atom is 0.0962 e. The van der Waals surface area contributed by atoms with Crippen LogP contribution in [-0.2, 0) is 0 Å². The van der Waals surface area contributed by atoms with Gasteiger partial charge in [0.2, 0.25) is 0 Å². The lowest BCUT2D eigenvalue weighted by molar-refractivity contribution is 0.191. The summed E-state index contributed by atoms with van der Waals surface area (Å²) in [6.45, 7) is 0.456. The quantitative estimate of drug-likeness (QED) is 0.680. The van der Waals surface area contributed by atoms with E-state index in [1.807, 2.05) is 36.5 Å². The fraction of sp³-hybridized carbons (Fsp3) is 0.125. The Bertz CT molecular complexity index is 706. The highest BCUT2D eigenvalue weighted by molar-refractivity contribution is 6.30. The Morgan fingerprint density at radius 3 is 2.70 bits per heavy atom. The Kier molecular flexibility index (Phi) is 3.63. The molecule has 0 radical (unpaired) electrons. The Hall–Kier alpha value is -1.97. The Morgan fingerprint density at radius 2 is 1.90 bits per heavy atom. The third-order valence-corrected chi connectivity index (χ3v) is 3.56. The van der Waals surface area contributed by atoms with Crippen LogP contribution in [0.3, 0.4) is 0 Å². The van der Waals surface area contributed by atoms with E-state index in [9.17, 15) is 5.11 Å². The van der Waals surface area contributed by atoms with E-state index < -0.39 is 6.10 Å². The number of benzene rings is 2. The molecule has 102 valence electrons. The van der Waals surface area contributed by atoms with Crippen LogP contribution in [0.4, 0.5) is 5.69 Å². The molecule has 1 heterocycles. The number of nitrogens with one attached hydrogen (secondary N) is 2. The molecule has 1 atom stereocenters. The summed E-state index contributed by atoms with van der Waals surface area (Å²) in [5.74, 6) is 0. The molecule has 3 aromatic rings. The maximum absolute atomic E-state index is 10.1. The summed E-state index contributed by atoms with van der Waals surface area (Å²) in [6, 6.07) is 15.3. The highest BCUT2D eigenvalue weighted by atomic mass is 35.5. The molecule has 0 spiro atoms. The number of hydrogen-bond donors (Lipinski definition) is 3. The van der Waals surface area contributed by atoms with Crippen LogP contribution in [0.25, 0.3) is 10.9 Å². The third kappa shape index (κ3) is 2.79. The van der Waals surface area contributed by atoms with Crippen molar-refractivity contribution in [1.29, 1.82) is 0 Å². The van der Waals surface area contributed by atoms with E-state index in [2.05, 4.69) is 16.4 Å². The number of aliphatic hydroxyl groups is 1. The lowest BCUT2D eigenvalue weighted by Crippen LogP contribution is -2.11. The zero-order valence-corrected chi connectivity index (χ0v) is 11.6. The van der Waals surface area contributed by atoms with E-state index in [1.165, 1.54) is 0 Å². The van der Waals surface area contributed by atoms with Gasteiger partial charge in [0.05, 0.1) is 6.10 Å². The van der Waals surface area contributed by atoms with E-state index in [0.29, 0.717) is 11.6 Å². The van der Waals surface area contributed by atoms with Crippen molar-refractivity contribution in [1.82, 2.24) is 4.98 Å². The second-order valence-corrected chi connectivity index (χ2v) is 5.16. The lowest BCUT2D eigenvalue weighted by Gasteiger charge is -2.13. The van der Waals surface area contributed by atoms with Crippen molar-refractivity contribution in [3.05, 3.63) is 65.3 Å². The standard InChI is InChI=1S/C16H15ClN2O/c17-13-3-1-11(2-4-13)16(20)10-19-14-5-6-15-12(9-14)7-8-18-15/h1-9,16,18-20H,10H2. The number of H-pyrrole nitrogens is 1. The minimum Gasteiger partial charge on any atom is -0.387 e. The van der Waals surface area contributed by atoms with Crippen LogP contribution in [0.5, 0.6) is 0 Å². The van der Waals surface area contributed by atoms with E-state index in [4.69, 9.17) is 11.6 Å². The second kappa shape index (κ2) is 5.57. The highest BCUT2D eigenvalue weighted by Crippen LogP contribution is 2.20. The Labute approximate surface area is 122 Å². The van der Waals surface area contributed by atoms with Crippen LogP contribution in [-0.4, -0.2) is 16.6 Å². The summed E-state index contributed by atoms with van der Waals surface area (Å²) in [7, 11) is 0. The van der Waals surface area contributed by atoms with Crippen molar-refractivity contribution in [2.75, 3.05) is 11.9 Å². The molecule has 4 heteroatoms. The van der Waals surface area contributed by atoms with Crippen LogP contribution in [0.15, 0.2) is 54.7 Å². The molecule has 3 nitrogen and oxygen atoms in total. The van der Waals surface area contributed by atoms with Gasteiger partial charge in [-0.3, -0.25) is 0 Å². The lowest BCUT2D eigenvalue weighted by atomic mass is 10.1. The molecule has 0 aliphatic heterocycles. The summed E-state index contributed by atoms with van der Waals surface area (Å²) < 4.78 is 0. The minimum atomic E-state index is -0.561. The summed E-state index contributed by atoms with van der Waals surface area (Å²) in [6.07, 6.45) is 1.35. The number of anilines is 1. The highest BCUT2D eigenvalue weighted by Gasteiger charge is 2.07.